The number of aliphatic hydroxyl groups excluding tert-OH is 1. The molecule has 0 radical (unpaired) electrons. The van der Waals surface area contributed by atoms with E-state index < -0.39 is 29.9 Å². The van der Waals surface area contributed by atoms with Crippen LogP contribution in [0.2, 0.25) is 0 Å². The Labute approximate surface area is 103 Å². The number of hydrogen-bond acceptors (Lipinski definition) is 3. The van der Waals surface area contributed by atoms with Gasteiger partial charge in [-0.1, -0.05) is 36.4 Å². The van der Waals surface area contributed by atoms with Gasteiger partial charge in [0.05, 0.1) is 0 Å². The Kier molecular flexibility index (Phi) is 3.16. The summed E-state index contributed by atoms with van der Waals surface area (Å²) in [5.74, 6) is -4.86. The lowest BCUT2D eigenvalue weighted by atomic mass is 9.84. The molecule has 3 unspecified atom stereocenters. The highest BCUT2D eigenvalue weighted by Crippen LogP contribution is 2.37. The largest absolute Gasteiger partial charge is 0.481 e. The van der Waals surface area contributed by atoms with Crippen molar-refractivity contribution in [1.29, 1.82) is 0 Å². The van der Waals surface area contributed by atoms with Gasteiger partial charge in [0.25, 0.3) is 0 Å². The summed E-state index contributed by atoms with van der Waals surface area (Å²) in [6, 6.07) is 7.13. The molecule has 0 fully saturated rings. The summed E-state index contributed by atoms with van der Waals surface area (Å²) >= 11 is 0. The zero-order valence-corrected chi connectivity index (χ0v) is 9.35. The van der Waals surface area contributed by atoms with Crippen molar-refractivity contribution in [3.8, 4) is 0 Å². The number of aliphatic carboxylic acids is 2. The van der Waals surface area contributed by atoms with Crippen LogP contribution in [0.4, 0.5) is 0 Å². The van der Waals surface area contributed by atoms with Gasteiger partial charge in [0.15, 0.2) is 6.10 Å². The van der Waals surface area contributed by atoms with E-state index in [0.717, 1.165) is 11.1 Å². The maximum absolute atomic E-state index is 11.2. The van der Waals surface area contributed by atoms with Gasteiger partial charge in [0, 0.05) is 5.92 Å². The summed E-state index contributed by atoms with van der Waals surface area (Å²) in [4.78, 5) is 22.0. The molecule has 0 aliphatic heterocycles. The molecule has 0 spiro atoms. The van der Waals surface area contributed by atoms with E-state index in [9.17, 15) is 14.7 Å². The SMILES string of the molecule is O=C(O)C(O)C(C(=O)O)C1C=Cc2ccccc21. The molecule has 94 valence electrons. The lowest BCUT2D eigenvalue weighted by molar-refractivity contribution is -0.159. The molecule has 0 heterocycles. The number of benzene rings is 1. The molecule has 0 amide bonds. The molecule has 18 heavy (non-hydrogen) atoms. The number of carboxylic acid groups (broad SMARTS) is 2. The lowest BCUT2D eigenvalue weighted by Crippen LogP contribution is -2.38. The number of hydrogen-bond donors (Lipinski definition) is 3. The highest BCUT2D eigenvalue weighted by Gasteiger charge is 2.40. The summed E-state index contributed by atoms with van der Waals surface area (Å²) in [7, 11) is 0. The monoisotopic (exact) mass is 248 g/mol. The van der Waals surface area contributed by atoms with Crippen LogP contribution >= 0.6 is 0 Å². The fraction of sp³-hybridized carbons (Fsp3) is 0.231. The molecular weight excluding hydrogens is 236 g/mol. The number of fused-ring (bicyclic) bond motifs is 1. The zero-order chi connectivity index (χ0) is 13.3. The van der Waals surface area contributed by atoms with Gasteiger partial charge in [0.2, 0.25) is 0 Å². The first-order chi connectivity index (χ1) is 8.52. The summed E-state index contributed by atoms with van der Waals surface area (Å²) in [6.45, 7) is 0. The van der Waals surface area contributed by atoms with Gasteiger partial charge in [-0.05, 0) is 11.1 Å². The van der Waals surface area contributed by atoms with E-state index in [1.54, 1.807) is 24.3 Å². The molecule has 5 nitrogen and oxygen atoms in total. The first-order valence-electron chi connectivity index (χ1n) is 5.43. The van der Waals surface area contributed by atoms with E-state index in [2.05, 4.69) is 0 Å². The minimum Gasteiger partial charge on any atom is -0.481 e. The summed E-state index contributed by atoms with van der Waals surface area (Å²) in [6.07, 6.45) is 1.43. The lowest BCUT2D eigenvalue weighted by Gasteiger charge is -2.22. The molecule has 3 N–H and O–H groups in total. The Morgan fingerprint density at radius 2 is 1.78 bits per heavy atom. The second-order valence-electron chi connectivity index (χ2n) is 4.16. The fourth-order valence-corrected chi connectivity index (χ4v) is 2.23. The maximum Gasteiger partial charge on any atom is 0.333 e. The van der Waals surface area contributed by atoms with Crippen molar-refractivity contribution in [2.75, 3.05) is 0 Å². The van der Waals surface area contributed by atoms with Crippen molar-refractivity contribution in [3.63, 3.8) is 0 Å². The summed E-state index contributed by atoms with van der Waals surface area (Å²) in [5.41, 5.74) is 1.58. The zero-order valence-electron chi connectivity index (χ0n) is 9.35. The van der Waals surface area contributed by atoms with Crippen LogP contribution in [-0.4, -0.2) is 33.4 Å². The van der Waals surface area contributed by atoms with Gasteiger partial charge >= 0.3 is 11.9 Å². The van der Waals surface area contributed by atoms with Gasteiger partial charge < -0.3 is 15.3 Å². The van der Waals surface area contributed by atoms with Crippen molar-refractivity contribution < 1.29 is 24.9 Å². The first-order valence-corrected chi connectivity index (χ1v) is 5.43. The van der Waals surface area contributed by atoms with Gasteiger partial charge in [0.1, 0.15) is 5.92 Å². The first kappa shape index (κ1) is 12.3. The third kappa shape index (κ3) is 2.00. The van der Waals surface area contributed by atoms with Crippen molar-refractivity contribution in [2.45, 2.75) is 12.0 Å². The molecule has 0 saturated heterocycles. The van der Waals surface area contributed by atoms with Crippen LogP contribution in [0.15, 0.2) is 30.3 Å². The van der Waals surface area contributed by atoms with Gasteiger partial charge in [-0.2, -0.15) is 0 Å². The van der Waals surface area contributed by atoms with Crippen LogP contribution in [-0.2, 0) is 9.59 Å². The number of rotatable bonds is 4. The van der Waals surface area contributed by atoms with Crippen LogP contribution in [0.25, 0.3) is 6.08 Å². The number of allylic oxidation sites excluding steroid dienone is 1. The number of carbonyl (C=O) groups is 2. The van der Waals surface area contributed by atoms with E-state index in [4.69, 9.17) is 10.2 Å². The molecule has 1 aromatic carbocycles. The summed E-state index contributed by atoms with van der Waals surface area (Å²) in [5, 5.41) is 27.4. The van der Waals surface area contributed by atoms with Gasteiger partial charge in [-0.25, -0.2) is 4.79 Å². The number of aliphatic hydroxyl groups is 1. The molecule has 0 aromatic heterocycles. The molecule has 1 aliphatic carbocycles. The minimum absolute atomic E-state index is 0.621. The highest BCUT2D eigenvalue weighted by atomic mass is 16.4. The summed E-state index contributed by atoms with van der Waals surface area (Å²) < 4.78 is 0. The van der Waals surface area contributed by atoms with Crippen LogP contribution in [0.5, 0.6) is 0 Å². The van der Waals surface area contributed by atoms with Crippen molar-refractivity contribution in [3.05, 3.63) is 41.5 Å². The molecule has 1 aliphatic rings. The molecule has 5 heteroatoms. The maximum atomic E-state index is 11.2. The molecule has 0 saturated carbocycles. The van der Waals surface area contributed by atoms with Crippen molar-refractivity contribution in [1.82, 2.24) is 0 Å². The van der Waals surface area contributed by atoms with Crippen LogP contribution < -0.4 is 0 Å². The fourth-order valence-electron chi connectivity index (χ4n) is 2.23. The Morgan fingerprint density at radius 3 is 2.39 bits per heavy atom. The Morgan fingerprint density at radius 1 is 1.11 bits per heavy atom. The third-order valence-electron chi connectivity index (χ3n) is 3.10. The molecule has 0 bridgehead atoms. The molecule has 3 atom stereocenters. The molecule has 1 aromatic rings. The molecule has 2 rings (SSSR count). The standard InChI is InChI=1S/C13H12O5/c14-11(13(17)18)10(12(15)16)9-6-5-7-3-1-2-4-8(7)9/h1-6,9-11,14H,(H,15,16)(H,17,18). The van der Waals surface area contributed by atoms with E-state index >= 15 is 0 Å². The van der Waals surface area contributed by atoms with E-state index in [0.29, 0.717) is 0 Å². The van der Waals surface area contributed by atoms with E-state index in [1.807, 2.05) is 12.1 Å². The van der Waals surface area contributed by atoms with E-state index in [1.165, 1.54) is 0 Å². The minimum atomic E-state index is -1.93. The predicted octanol–water partition coefficient (Wildman–Crippen LogP) is 0.943. The Bertz CT molecular complexity index is 520. The quantitative estimate of drug-likeness (QED) is 0.737. The molecular formula is C13H12O5. The highest BCUT2D eigenvalue weighted by molar-refractivity contribution is 5.84. The van der Waals surface area contributed by atoms with Crippen LogP contribution in [0.3, 0.4) is 0 Å². The Hall–Kier alpha value is -2.14. The second-order valence-corrected chi connectivity index (χ2v) is 4.16. The van der Waals surface area contributed by atoms with Crippen molar-refractivity contribution in [2.24, 2.45) is 5.92 Å². The predicted molar refractivity (Wildman–Crippen MR) is 63.0 cm³/mol. The average molecular weight is 248 g/mol. The third-order valence-corrected chi connectivity index (χ3v) is 3.10. The smallest absolute Gasteiger partial charge is 0.333 e. The van der Waals surface area contributed by atoms with Gasteiger partial charge in [-0.3, -0.25) is 4.79 Å². The topological polar surface area (TPSA) is 94.8 Å². The second kappa shape index (κ2) is 4.62. The number of carboxylic acids is 2. The normalized spacial score (nSPS) is 20.2. The van der Waals surface area contributed by atoms with E-state index in [-0.39, 0.29) is 0 Å². The van der Waals surface area contributed by atoms with Crippen molar-refractivity contribution >= 4 is 18.0 Å². The van der Waals surface area contributed by atoms with Gasteiger partial charge in [-0.15, -0.1) is 0 Å². The average Bonchev–Trinajstić information content (AvgIpc) is 2.73. The Balaban J connectivity index is 2.38. The van der Waals surface area contributed by atoms with Crippen LogP contribution in [0, 0.1) is 5.92 Å². The van der Waals surface area contributed by atoms with Crippen LogP contribution in [0.1, 0.15) is 17.0 Å².